The molecule has 0 bridgehead atoms. The molecule has 352 valence electrons. The molecule has 13 nitrogen and oxygen atoms in total. The fraction of sp³-hybridized carbons (Fsp3) is 0.434. The van der Waals surface area contributed by atoms with E-state index in [1.807, 2.05) is 124 Å². The van der Waals surface area contributed by atoms with E-state index in [2.05, 4.69) is 21.3 Å². The number of alkyl carbamates (subject to hydrolysis) is 1. The van der Waals surface area contributed by atoms with Crippen molar-refractivity contribution in [1.82, 2.24) is 21.3 Å². The lowest BCUT2D eigenvalue weighted by molar-refractivity contribution is -0.155. The lowest BCUT2D eigenvalue weighted by atomic mass is 9.85. The maximum Gasteiger partial charge on any atom is 0.407 e. The zero-order valence-corrected chi connectivity index (χ0v) is 39.7. The number of rotatable bonds is 19. The van der Waals surface area contributed by atoms with Crippen LogP contribution in [0.15, 0.2) is 103 Å². The van der Waals surface area contributed by atoms with E-state index in [0.29, 0.717) is 0 Å². The minimum absolute atomic E-state index is 0.0151. The van der Waals surface area contributed by atoms with E-state index in [9.17, 15) is 28.8 Å². The van der Waals surface area contributed by atoms with Crippen molar-refractivity contribution in [2.75, 3.05) is 6.61 Å². The third-order valence-corrected chi connectivity index (χ3v) is 11.3. The number of carbonyl (C=O) groups excluding carboxylic acids is 6. The van der Waals surface area contributed by atoms with E-state index >= 15 is 0 Å². The van der Waals surface area contributed by atoms with Crippen LogP contribution in [0.3, 0.4) is 0 Å². The smallest absolute Gasteiger partial charge is 0.407 e. The zero-order valence-electron chi connectivity index (χ0n) is 39.7. The van der Waals surface area contributed by atoms with E-state index in [4.69, 9.17) is 14.2 Å². The molecule has 0 aromatic heterocycles. The molecule has 0 saturated heterocycles. The van der Waals surface area contributed by atoms with Gasteiger partial charge >= 0.3 is 18.0 Å². The summed E-state index contributed by atoms with van der Waals surface area (Å²) in [6.07, 6.45) is -0.977. The van der Waals surface area contributed by atoms with Crippen LogP contribution < -0.4 is 21.3 Å². The van der Waals surface area contributed by atoms with Gasteiger partial charge in [-0.25, -0.2) is 9.59 Å². The Morgan fingerprint density at radius 1 is 0.621 bits per heavy atom. The second-order valence-corrected chi connectivity index (χ2v) is 19.4. The predicted octanol–water partition coefficient (Wildman–Crippen LogP) is 7.86. The normalized spacial score (nSPS) is 14.1. The molecule has 66 heavy (non-hydrogen) atoms. The SMILES string of the molecule is Cc1ccccc1C[C@H](NC(=O)[C@H](CCC(=O)OC(C)(C)C)NC(=O)OCC1c2ccccc2-c2ccccc21)C(=O)N[C@H](C(=O)N[C@@H](CC(C)C)C(=O)OCc1ccccc1)C(C)(C)C. The van der Waals surface area contributed by atoms with Gasteiger partial charge in [-0.05, 0) is 90.8 Å². The summed E-state index contributed by atoms with van der Waals surface area (Å²) in [5.41, 5.74) is 4.88. The zero-order chi connectivity index (χ0) is 48.2. The van der Waals surface area contributed by atoms with E-state index in [1.54, 1.807) is 41.5 Å². The third-order valence-electron chi connectivity index (χ3n) is 11.3. The second-order valence-electron chi connectivity index (χ2n) is 19.4. The van der Waals surface area contributed by atoms with Gasteiger partial charge in [0.25, 0.3) is 0 Å². The van der Waals surface area contributed by atoms with Crippen LogP contribution in [0.4, 0.5) is 4.79 Å². The molecule has 1 aliphatic carbocycles. The van der Waals surface area contributed by atoms with Crippen LogP contribution in [0.25, 0.3) is 11.1 Å². The van der Waals surface area contributed by atoms with Crippen molar-refractivity contribution in [2.24, 2.45) is 11.3 Å². The van der Waals surface area contributed by atoms with Crippen molar-refractivity contribution in [2.45, 2.75) is 130 Å². The Hall–Kier alpha value is -6.50. The minimum atomic E-state index is -1.33. The number of amides is 4. The number of fused-ring (bicyclic) bond motifs is 3. The van der Waals surface area contributed by atoms with Gasteiger partial charge in [-0.1, -0.05) is 138 Å². The van der Waals surface area contributed by atoms with Gasteiger partial charge in [-0.15, -0.1) is 0 Å². The fourth-order valence-corrected chi connectivity index (χ4v) is 7.93. The van der Waals surface area contributed by atoms with Crippen LogP contribution in [0.1, 0.15) is 108 Å². The van der Waals surface area contributed by atoms with Crippen LogP contribution in [0.5, 0.6) is 0 Å². The maximum atomic E-state index is 14.5. The first-order valence-corrected chi connectivity index (χ1v) is 22.7. The summed E-state index contributed by atoms with van der Waals surface area (Å²) in [7, 11) is 0. The Kier molecular flexibility index (Phi) is 17.3. The van der Waals surface area contributed by atoms with Gasteiger partial charge < -0.3 is 35.5 Å². The summed E-state index contributed by atoms with van der Waals surface area (Å²) in [4.78, 5) is 83.1. The lowest BCUT2D eigenvalue weighted by Crippen LogP contribution is -2.61. The average molecular weight is 903 g/mol. The summed E-state index contributed by atoms with van der Waals surface area (Å²) in [5.74, 6) is -3.45. The molecule has 4 atom stereocenters. The Morgan fingerprint density at radius 2 is 1.18 bits per heavy atom. The number of carbonyl (C=O) groups is 6. The maximum absolute atomic E-state index is 14.5. The van der Waals surface area contributed by atoms with Crippen LogP contribution in [-0.2, 0) is 51.2 Å². The highest BCUT2D eigenvalue weighted by atomic mass is 16.6. The predicted molar refractivity (Wildman–Crippen MR) is 253 cm³/mol. The number of nitrogens with one attached hydrogen (secondary N) is 4. The Labute approximate surface area is 389 Å². The molecule has 5 rings (SSSR count). The molecule has 0 radical (unpaired) electrons. The summed E-state index contributed by atoms with van der Waals surface area (Å²) in [6.45, 7) is 16.3. The van der Waals surface area contributed by atoms with Gasteiger partial charge in [0.15, 0.2) is 0 Å². The molecular formula is C53H66N4O9. The van der Waals surface area contributed by atoms with Gasteiger partial charge in [0.05, 0.1) is 0 Å². The van der Waals surface area contributed by atoms with Crippen molar-refractivity contribution < 1.29 is 43.0 Å². The molecule has 1 aliphatic rings. The highest BCUT2D eigenvalue weighted by Crippen LogP contribution is 2.44. The third kappa shape index (κ3) is 14.5. The first kappa shape index (κ1) is 50.5. The molecule has 4 aromatic rings. The molecule has 4 aromatic carbocycles. The molecule has 4 N–H and O–H groups in total. The number of aryl methyl sites for hydroxylation is 1. The Bertz CT molecular complexity index is 2290. The molecule has 0 unspecified atom stereocenters. The molecule has 0 spiro atoms. The van der Waals surface area contributed by atoms with Gasteiger partial charge in [0, 0.05) is 18.8 Å². The standard InChI is InChI=1S/C53H66N4O9/c1-33(2)29-44(50(62)64-31-35-20-11-10-12-21-35)55-49(61)46(52(4,5)6)57-48(60)43(30-36-22-14-13-19-34(36)3)54-47(59)42(27-28-45(58)66-53(7,8)9)56-51(63)65-32-41-39-25-17-15-23-37(39)38-24-16-18-26-40(38)41/h10-26,33,41-44,46H,27-32H2,1-9H3,(H,54,59)(H,55,61)(H,56,63)(H,57,60)/t42-,43-,44-,46+/m0/s1. The largest absolute Gasteiger partial charge is 0.460 e. The van der Waals surface area contributed by atoms with Gasteiger partial charge in [-0.2, -0.15) is 0 Å². The van der Waals surface area contributed by atoms with Crippen molar-refractivity contribution in [3.63, 3.8) is 0 Å². The summed E-state index contributed by atoms with van der Waals surface area (Å²) < 4.78 is 16.9. The van der Waals surface area contributed by atoms with Crippen molar-refractivity contribution in [1.29, 1.82) is 0 Å². The second kappa shape index (κ2) is 22.6. The van der Waals surface area contributed by atoms with E-state index in [1.165, 1.54) is 0 Å². The van der Waals surface area contributed by atoms with Crippen LogP contribution >= 0.6 is 0 Å². The molecule has 4 amide bonds. The lowest BCUT2D eigenvalue weighted by Gasteiger charge is -2.33. The molecule has 0 heterocycles. The Morgan fingerprint density at radius 3 is 1.77 bits per heavy atom. The molecule has 0 fully saturated rings. The van der Waals surface area contributed by atoms with Gasteiger partial charge in [-0.3, -0.25) is 19.2 Å². The molecule has 0 saturated carbocycles. The average Bonchev–Trinajstić information content (AvgIpc) is 3.58. The van der Waals surface area contributed by atoms with Crippen LogP contribution in [0, 0.1) is 18.3 Å². The van der Waals surface area contributed by atoms with E-state index in [0.717, 1.165) is 38.9 Å². The number of hydrogen-bond acceptors (Lipinski definition) is 9. The van der Waals surface area contributed by atoms with Crippen LogP contribution in [-0.4, -0.2) is 72.1 Å². The van der Waals surface area contributed by atoms with Crippen molar-refractivity contribution in [3.8, 4) is 11.1 Å². The quantitative estimate of drug-likeness (QED) is 0.0539. The van der Waals surface area contributed by atoms with E-state index in [-0.39, 0.29) is 50.7 Å². The molecule has 0 aliphatic heterocycles. The first-order chi connectivity index (χ1) is 31.2. The number of benzene rings is 4. The fourth-order valence-electron chi connectivity index (χ4n) is 7.93. The van der Waals surface area contributed by atoms with E-state index < -0.39 is 70.9 Å². The summed E-state index contributed by atoms with van der Waals surface area (Å²) >= 11 is 0. The summed E-state index contributed by atoms with van der Waals surface area (Å²) in [6, 6.07) is 27.7. The monoisotopic (exact) mass is 902 g/mol. The number of hydrogen-bond donors (Lipinski definition) is 4. The molecule has 13 heteroatoms. The van der Waals surface area contributed by atoms with Gasteiger partial charge in [0.2, 0.25) is 17.7 Å². The molecular weight excluding hydrogens is 837 g/mol. The van der Waals surface area contributed by atoms with Crippen molar-refractivity contribution >= 4 is 35.8 Å². The highest BCUT2D eigenvalue weighted by Gasteiger charge is 2.38. The van der Waals surface area contributed by atoms with Gasteiger partial charge in [0.1, 0.15) is 43.0 Å². The number of esters is 2. The highest BCUT2D eigenvalue weighted by molar-refractivity contribution is 5.95. The first-order valence-electron chi connectivity index (χ1n) is 22.7. The summed E-state index contributed by atoms with van der Waals surface area (Å²) in [5, 5.41) is 11.2. The van der Waals surface area contributed by atoms with Crippen molar-refractivity contribution in [3.05, 3.63) is 131 Å². The van der Waals surface area contributed by atoms with Crippen LogP contribution in [0.2, 0.25) is 0 Å². The topological polar surface area (TPSA) is 178 Å². The number of ether oxygens (including phenoxy) is 3. The Balaban J connectivity index is 1.36. The minimum Gasteiger partial charge on any atom is -0.460 e.